The quantitative estimate of drug-likeness (QED) is 0.474. The predicted molar refractivity (Wildman–Crippen MR) is 140 cm³/mol. The van der Waals surface area contributed by atoms with Crippen molar-refractivity contribution in [3.63, 3.8) is 0 Å². The molecule has 6 nitrogen and oxygen atoms in total. The maximum atomic E-state index is 15.3. The van der Waals surface area contributed by atoms with E-state index in [9.17, 15) is 9.59 Å². The van der Waals surface area contributed by atoms with Crippen LogP contribution in [0, 0.1) is 5.82 Å². The van der Waals surface area contributed by atoms with Crippen LogP contribution in [0.15, 0.2) is 53.6 Å². The highest BCUT2D eigenvalue weighted by molar-refractivity contribution is 8.18. The summed E-state index contributed by atoms with van der Waals surface area (Å²) in [6.45, 7) is 6.87. The van der Waals surface area contributed by atoms with E-state index < -0.39 is 5.91 Å². The average molecular weight is 491 g/mol. The summed E-state index contributed by atoms with van der Waals surface area (Å²) in [5.74, 6) is -0.624. The molecule has 2 aromatic carbocycles. The molecule has 5 rings (SSSR count). The first-order chi connectivity index (χ1) is 17.0. The Kier molecular flexibility index (Phi) is 6.83. The number of carbonyl (C=O) groups excluding carboxylic acids is 2. The fourth-order valence-electron chi connectivity index (χ4n) is 4.60. The number of halogens is 1. The third-order valence-corrected chi connectivity index (χ3v) is 7.32. The summed E-state index contributed by atoms with van der Waals surface area (Å²) in [4.78, 5) is 32.8. The first kappa shape index (κ1) is 23.5. The second kappa shape index (κ2) is 10.2. The van der Waals surface area contributed by atoms with Crippen molar-refractivity contribution in [1.82, 2.24) is 15.2 Å². The van der Waals surface area contributed by atoms with Crippen molar-refractivity contribution in [3.8, 4) is 11.1 Å². The topological polar surface area (TPSA) is 65.5 Å². The van der Waals surface area contributed by atoms with Crippen LogP contribution < -0.4 is 10.2 Å². The van der Waals surface area contributed by atoms with E-state index in [1.807, 2.05) is 36.4 Å². The number of fused-ring (bicyclic) bond motifs is 1. The molecule has 8 heteroatoms. The summed E-state index contributed by atoms with van der Waals surface area (Å²) in [6.07, 6.45) is 5.79. The number of nitrogens with zero attached hydrogens (tertiary/aromatic N) is 3. The highest BCUT2D eigenvalue weighted by Crippen LogP contribution is 2.33. The molecule has 2 aliphatic rings. The number of pyridine rings is 1. The van der Waals surface area contributed by atoms with Gasteiger partial charge in [-0.15, -0.1) is 0 Å². The van der Waals surface area contributed by atoms with Gasteiger partial charge in [0.05, 0.1) is 16.1 Å². The van der Waals surface area contributed by atoms with Gasteiger partial charge in [0.1, 0.15) is 5.82 Å². The molecule has 0 radical (unpaired) electrons. The zero-order chi connectivity index (χ0) is 24.4. The molecule has 180 valence electrons. The third-order valence-electron chi connectivity index (χ3n) is 6.50. The van der Waals surface area contributed by atoms with E-state index in [4.69, 9.17) is 0 Å². The number of thioether (sulfide) groups is 1. The molecule has 0 atom stereocenters. The van der Waals surface area contributed by atoms with Gasteiger partial charge in [-0.3, -0.25) is 24.8 Å². The lowest BCUT2D eigenvalue weighted by Crippen LogP contribution is -2.46. The Bertz CT molecular complexity index is 1320. The number of rotatable bonds is 6. The van der Waals surface area contributed by atoms with Gasteiger partial charge < -0.3 is 4.90 Å². The van der Waals surface area contributed by atoms with Gasteiger partial charge in [0.15, 0.2) is 0 Å². The summed E-state index contributed by atoms with van der Waals surface area (Å²) in [6, 6.07) is 12.9. The largest absolute Gasteiger partial charge is 0.367 e. The first-order valence-electron chi connectivity index (χ1n) is 11.9. The van der Waals surface area contributed by atoms with E-state index >= 15 is 4.39 Å². The zero-order valence-electron chi connectivity index (χ0n) is 19.6. The number of benzene rings is 2. The summed E-state index contributed by atoms with van der Waals surface area (Å²) in [5.41, 5.74) is 3.83. The van der Waals surface area contributed by atoms with Crippen molar-refractivity contribution in [1.29, 1.82) is 0 Å². The molecule has 2 amide bonds. The number of nitrogens with one attached hydrogen (secondary N) is 1. The summed E-state index contributed by atoms with van der Waals surface area (Å²) >= 11 is 0.884. The molecular formula is C27H27FN4O2S. The maximum Gasteiger partial charge on any atom is 0.290 e. The third kappa shape index (κ3) is 5.09. The lowest BCUT2D eigenvalue weighted by atomic mass is 9.99. The van der Waals surface area contributed by atoms with Gasteiger partial charge in [0.25, 0.3) is 11.1 Å². The van der Waals surface area contributed by atoms with Crippen molar-refractivity contribution < 1.29 is 14.0 Å². The molecule has 35 heavy (non-hydrogen) atoms. The summed E-state index contributed by atoms with van der Waals surface area (Å²) < 4.78 is 15.3. The van der Waals surface area contributed by atoms with Crippen molar-refractivity contribution in [3.05, 3.63) is 64.9 Å². The number of hydrogen-bond donors (Lipinski definition) is 1. The molecule has 3 aromatic rings. The lowest BCUT2D eigenvalue weighted by molar-refractivity contribution is -0.115. The van der Waals surface area contributed by atoms with Gasteiger partial charge in [-0.25, -0.2) is 4.39 Å². The van der Waals surface area contributed by atoms with Crippen molar-refractivity contribution >= 4 is 45.6 Å². The van der Waals surface area contributed by atoms with Crippen LogP contribution in [0.4, 0.5) is 14.9 Å². The fraction of sp³-hybridized carbons (Fsp3) is 0.296. The molecule has 0 spiro atoms. The van der Waals surface area contributed by atoms with Gasteiger partial charge in [-0.05, 0) is 77.8 Å². The maximum absolute atomic E-state index is 15.3. The van der Waals surface area contributed by atoms with Crippen LogP contribution in [0.5, 0.6) is 0 Å². The van der Waals surface area contributed by atoms with E-state index in [1.54, 1.807) is 18.3 Å². The SMILES string of the molecule is CCCCN1CCN(c2ccc(-c3ccnc4ccc(C=C5SC(=O)NC5=O)cc34)cc2F)CC1. The molecule has 0 bridgehead atoms. The Balaban J connectivity index is 1.41. The molecule has 2 aliphatic heterocycles. The highest BCUT2D eigenvalue weighted by Gasteiger charge is 2.25. The molecule has 2 fully saturated rings. The van der Waals surface area contributed by atoms with E-state index in [2.05, 4.69) is 27.0 Å². The molecule has 1 N–H and O–H groups in total. The van der Waals surface area contributed by atoms with Crippen LogP contribution in [0.2, 0.25) is 0 Å². The molecule has 0 unspecified atom stereocenters. The number of amides is 2. The monoisotopic (exact) mass is 490 g/mol. The van der Waals surface area contributed by atoms with Gasteiger partial charge in [0.2, 0.25) is 0 Å². The van der Waals surface area contributed by atoms with Crippen molar-refractivity contribution in [2.45, 2.75) is 19.8 Å². The van der Waals surface area contributed by atoms with E-state index in [0.29, 0.717) is 10.6 Å². The van der Waals surface area contributed by atoms with E-state index in [0.717, 1.165) is 72.1 Å². The second-order valence-electron chi connectivity index (χ2n) is 8.84. The first-order valence-corrected chi connectivity index (χ1v) is 12.7. The fourth-order valence-corrected chi connectivity index (χ4v) is 5.28. The number of anilines is 1. The van der Waals surface area contributed by atoms with Crippen LogP contribution >= 0.6 is 11.8 Å². The second-order valence-corrected chi connectivity index (χ2v) is 9.85. The number of imide groups is 1. The average Bonchev–Trinajstić information content (AvgIpc) is 3.18. The van der Waals surface area contributed by atoms with Crippen LogP contribution in [-0.2, 0) is 4.79 Å². The minimum absolute atomic E-state index is 0.231. The van der Waals surface area contributed by atoms with E-state index in [-0.39, 0.29) is 11.1 Å². The standard InChI is InChI=1S/C27H27FN4O2S/c1-2-3-10-31-11-13-32(14-12-31)24-7-5-19(17-22(24)28)20-8-9-29-23-6-4-18(15-21(20)23)16-25-26(33)30-27(34)35-25/h4-9,15-17H,2-3,10-14H2,1H3,(H,30,33,34). The Labute approximate surface area is 208 Å². The van der Waals surface area contributed by atoms with Gasteiger partial charge in [-0.1, -0.05) is 25.5 Å². The Morgan fingerprint density at radius 1 is 1.09 bits per heavy atom. The number of aromatic nitrogens is 1. The van der Waals surface area contributed by atoms with Gasteiger partial charge in [-0.2, -0.15) is 0 Å². The molecule has 0 saturated carbocycles. The summed E-state index contributed by atoms with van der Waals surface area (Å²) in [7, 11) is 0. The van der Waals surface area contributed by atoms with Crippen LogP contribution in [0.1, 0.15) is 25.3 Å². The van der Waals surface area contributed by atoms with Gasteiger partial charge in [0, 0.05) is 37.8 Å². The van der Waals surface area contributed by atoms with E-state index in [1.165, 1.54) is 12.8 Å². The van der Waals surface area contributed by atoms with Crippen LogP contribution in [0.25, 0.3) is 28.1 Å². The number of unbranched alkanes of at least 4 members (excludes halogenated alkanes) is 1. The van der Waals surface area contributed by atoms with Crippen molar-refractivity contribution in [2.75, 3.05) is 37.6 Å². The van der Waals surface area contributed by atoms with Gasteiger partial charge >= 0.3 is 0 Å². The Morgan fingerprint density at radius 3 is 2.63 bits per heavy atom. The number of hydrogen-bond acceptors (Lipinski definition) is 6. The predicted octanol–water partition coefficient (Wildman–Crippen LogP) is 5.29. The summed E-state index contributed by atoms with van der Waals surface area (Å²) in [5, 5.41) is 2.75. The normalized spacial score (nSPS) is 18.0. The number of piperazine rings is 1. The van der Waals surface area contributed by atoms with Crippen LogP contribution in [-0.4, -0.2) is 53.8 Å². The highest BCUT2D eigenvalue weighted by atomic mass is 32.2. The molecular weight excluding hydrogens is 463 g/mol. The molecule has 2 saturated heterocycles. The zero-order valence-corrected chi connectivity index (χ0v) is 20.4. The smallest absolute Gasteiger partial charge is 0.290 e. The van der Waals surface area contributed by atoms with Crippen LogP contribution in [0.3, 0.4) is 0 Å². The minimum atomic E-state index is -0.393. The number of carbonyl (C=O) groups is 2. The molecule has 1 aromatic heterocycles. The molecule has 3 heterocycles. The molecule has 0 aliphatic carbocycles. The van der Waals surface area contributed by atoms with Crippen molar-refractivity contribution in [2.24, 2.45) is 0 Å². The lowest BCUT2D eigenvalue weighted by Gasteiger charge is -2.36. The Morgan fingerprint density at radius 2 is 1.91 bits per heavy atom. The Hall–Kier alpha value is -3.23. The minimum Gasteiger partial charge on any atom is -0.367 e.